The number of rotatable bonds is 9. The van der Waals surface area contributed by atoms with Crippen LogP contribution in [0.2, 0.25) is 0 Å². The minimum atomic E-state index is -1.06. The smallest absolute Gasteiger partial charge is 0.246 e. The fourth-order valence-corrected chi connectivity index (χ4v) is 6.24. The van der Waals surface area contributed by atoms with Crippen LogP contribution in [0.3, 0.4) is 0 Å². The van der Waals surface area contributed by atoms with Crippen LogP contribution in [-0.4, -0.2) is 64.2 Å². The van der Waals surface area contributed by atoms with Gasteiger partial charge in [0.2, 0.25) is 17.7 Å². The Morgan fingerprint density at radius 1 is 1.21 bits per heavy atom. The Balaban J connectivity index is 1.69. The van der Waals surface area contributed by atoms with Gasteiger partial charge in [-0.1, -0.05) is 45.4 Å². The number of hydrogen-bond donors (Lipinski definition) is 3. The van der Waals surface area contributed by atoms with Crippen LogP contribution in [0.25, 0.3) is 0 Å². The molecule has 0 radical (unpaired) electrons. The van der Waals surface area contributed by atoms with Gasteiger partial charge in [-0.3, -0.25) is 14.4 Å². The van der Waals surface area contributed by atoms with E-state index in [1.165, 1.54) is 4.90 Å². The molecule has 3 fully saturated rings. The second kappa shape index (κ2) is 9.66. The minimum absolute atomic E-state index is 0.0488. The molecule has 0 aliphatic carbocycles. The number of anilines is 1. The van der Waals surface area contributed by atoms with Crippen molar-refractivity contribution in [3.63, 3.8) is 0 Å². The summed E-state index contributed by atoms with van der Waals surface area (Å²) in [6.45, 7) is 7.59. The van der Waals surface area contributed by atoms with E-state index in [1.54, 1.807) is 12.1 Å². The molecule has 2 bridgehead atoms. The Hall–Kier alpha value is -2.45. The first-order valence-electron chi connectivity index (χ1n) is 12.5. The highest BCUT2D eigenvalue weighted by molar-refractivity contribution is 6.02. The number of fused-ring (bicyclic) bond motifs is 1. The van der Waals surface area contributed by atoms with Crippen LogP contribution in [0.4, 0.5) is 5.69 Å². The van der Waals surface area contributed by atoms with E-state index < -0.39 is 35.6 Å². The Bertz CT molecular complexity index is 922. The van der Waals surface area contributed by atoms with Gasteiger partial charge in [-0.05, 0) is 44.2 Å². The molecule has 3 aliphatic rings. The standard InChI is InChI=1S/C26H37N3O5/c1-5-9-16(4)27-24(32)22-26-13-12-19(34-26)20(23(31)28-17-10-7-6-8-11-17)21(26)25(33)29(22)18(14-30)15(2)3/h6-8,10-11,15-16,18-22,30H,5,9,12-14H2,1-4H3,(H,27,32)(H,28,31)/t16?,18-,19-,20+,21-,22?,26?/m0/s1. The molecule has 3 unspecified atom stereocenters. The summed E-state index contributed by atoms with van der Waals surface area (Å²) < 4.78 is 6.44. The Labute approximate surface area is 201 Å². The molecule has 1 aromatic rings. The number of para-hydroxylation sites is 1. The van der Waals surface area contributed by atoms with Crippen LogP contribution in [0.1, 0.15) is 53.4 Å². The molecule has 186 valence electrons. The van der Waals surface area contributed by atoms with Crippen LogP contribution in [0, 0.1) is 17.8 Å². The average Bonchev–Trinajstić information content (AvgIpc) is 3.43. The first kappa shape index (κ1) is 24.7. The van der Waals surface area contributed by atoms with Crippen molar-refractivity contribution in [3.8, 4) is 0 Å². The van der Waals surface area contributed by atoms with Crippen molar-refractivity contribution >= 4 is 23.4 Å². The number of carbonyl (C=O) groups excluding carboxylic acids is 3. The molecule has 8 nitrogen and oxygen atoms in total. The van der Waals surface area contributed by atoms with Gasteiger partial charge in [0, 0.05) is 11.7 Å². The van der Waals surface area contributed by atoms with Crippen molar-refractivity contribution in [2.75, 3.05) is 11.9 Å². The zero-order valence-corrected chi connectivity index (χ0v) is 20.5. The second-order valence-corrected chi connectivity index (χ2v) is 10.3. The summed E-state index contributed by atoms with van der Waals surface area (Å²) in [5.41, 5.74) is -0.400. The van der Waals surface area contributed by atoms with E-state index in [0.717, 1.165) is 12.8 Å². The van der Waals surface area contributed by atoms with Crippen molar-refractivity contribution in [2.24, 2.45) is 17.8 Å². The van der Waals surface area contributed by atoms with Gasteiger partial charge < -0.3 is 25.4 Å². The van der Waals surface area contributed by atoms with E-state index in [9.17, 15) is 19.5 Å². The molecule has 4 rings (SSSR count). The molecule has 3 saturated heterocycles. The maximum absolute atomic E-state index is 13.9. The number of benzene rings is 1. The fourth-order valence-electron chi connectivity index (χ4n) is 6.24. The average molecular weight is 472 g/mol. The molecular formula is C26H37N3O5. The predicted molar refractivity (Wildman–Crippen MR) is 128 cm³/mol. The molecule has 7 atom stereocenters. The third-order valence-corrected chi connectivity index (χ3v) is 7.75. The highest BCUT2D eigenvalue weighted by Crippen LogP contribution is 2.59. The van der Waals surface area contributed by atoms with E-state index >= 15 is 0 Å². The number of aliphatic hydroxyl groups is 1. The molecule has 34 heavy (non-hydrogen) atoms. The van der Waals surface area contributed by atoms with Crippen molar-refractivity contribution < 1.29 is 24.2 Å². The van der Waals surface area contributed by atoms with Crippen LogP contribution < -0.4 is 10.6 Å². The lowest BCUT2D eigenvalue weighted by Crippen LogP contribution is -2.59. The number of ether oxygens (including phenoxy) is 1. The molecule has 3 heterocycles. The first-order valence-corrected chi connectivity index (χ1v) is 12.5. The van der Waals surface area contributed by atoms with Gasteiger partial charge in [0.1, 0.15) is 11.6 Å². The maximum atomic E-state index is 13.9. The number of hydrogen-bond acceptors (Lipinski definition) is 5. The van der Waals surface area contributed by atoms with Gasteiger partial charge in [-0.25, -0.2) is 0 Å². The first-order chi connectivity index (χ1) is 16.2. The molecule has 0 saturated carbocycles. The van der Waals surface area contributed by atoms with Gasteiger partial charge in [0.05, 0.1) is 30.6 Å². The number of likely N-dealkylation sites (tertiary alicyclic amines) is 1. The summed E-state index contributed by atoms with van der Waals surface area (Å²) in [5, 5.41) is 16.2. The summed E-state index contributed by atoms with van der Waals surface area (Å²) in [7, 11) is 0. The van der Waals surface area contributed by atoms with Crippen LogP contribution >= 0.6 is 0 Å². The topological polar surface area (TPSA) is 108 Å². The Kier molecular flexibility index (Phi) is 7.01. The lowest BCUT2D eigenvalue weighted by molar-refractivity contribution is -0.146. The van der Waals surface area contributed by atoms with Gasteiger partial charge in [-0.15, -0.1) is 0 Å². The van der Waals surface area contributed by atoms with E-state index in [-0.39, 0.29) is 36.3 Å². The van der Waals surface area contributed by atoms with E-state index in [0.29, 0.717) is 18.5 Å². The summed E-state index contributed by atoms with van der Waals surface area (Å²) in [6, 6.07) is 7.69. The molecular weight excluding hydrogens is 434 g/mol. The molecule has 0 aromatic heterocycles. The largest absolute Gasteiger partial charge is 0.394 e. The molecule has 3 N–H and O–H groups in total. The fraction of sp³-hybridized carbons (Fsp3) is 0.654. The second-order valence-electron chi connectivity index (χ2n) is 10.3. The van der Waals surface area contributed by atoms with E-state index in [1.807, 2.05) is 39.0 Å². The molecule has 3 amide bonds. The van der Waals surface area contributed by atoms with Crippen molar-refractivity contribution in [1.29, 1.82) is 0 Å². The molecule has 1 aromatic carbocycles. The third kappa shape index (κ3) is 4.01. The van der Waals surface area contributed by atoms with Crippen molar-refractivity contribution in [1.82, 2.24) is 10.2 Å². The SMILES string of the molecule is CCCC(C)NC(=O)C1N([C@@H](CO)C(C)C)C(=O)[C@@H]2[C@H](C(=O)Nc3ccccc3)[C@@H]3CCC12O3. The summed E-state index contributed by atoms with van der Waals surface area (Å²) in [6.07, 6.45) is 2.49. The minimum Gasteiger partial charge on any atom is -0.394 e. The Morgan fingerprint density at radius 3 is 2.53 bits per heavy atom. The number of carbonyl (C=O) groups is 3. The zero-order valence-electron chi connectivity index (χ0n) is 20.5. The van der Waals surface area contributed by atoms with Gasteiger partial charge >= 0.3 is 0 Å². The maximum Gasteiger partial charge on any atom is 0.246 e. The van der Waals surface area contributed by atoms with Gasteiger partial charge in [0.15, 0.2) is 0 Å². The number of nitrogens with zero attached hydrogens (tertiary/aromatic N) is 1. The van der Waals surface area contributed by atoms with Gasteiger partial charge in [-0.2, -0.15) is 0 Å². The predicted octanol–water partition coefficient (Wildman–Crippen LogP) is 2.32. The normalized spacial score (nSPS) is 31.5. The van der Waals surface area contributed by atoms with Crippen molar-refractivity contribution in [3.05, 3.63) is 30.3 Å². The van der Waals surface area contributed by atoms with Gasteiger partial charge in [0.25, 0.3) is 0 Å². The molecule has 1 spiro atoms. The lowest BCUT2D eigenvalue weighted by Gasteiger charge is -2.38. The van der Waals surface area contributed by atoms with E-state index in [2.05, 4.69) is 17.6 Å². The number of aliphatic hydroxyl groups excluding tert-OH is 1. The zero-order chi connectivity index (χ0) is 24.6. The monoisotopic (exact) mass is 471 g/mol. The summed E-state index contributed by atoms with van der Waals surface area (Å²) in [5.74, 6) is -2.30. The highest BCUT2D eigenvalue weighted by Gasteiger charge is 2.75. The highest BCUT2D eigenvalue weighted by atomic mass is 16.5. The van der Waals surface area contributed by atoms with E-state index in [4.69, 9.17) is 4.74 Å². The van der Waals surface area contributed by atoms with Crippen LogP contribution in [-0.2, 0) is 19.1 Å². The molecule has 8 heteroatoms. The number of amides is 3. The van der Waals surface area contributed by atoms with Crippen LogP contribution in [0.5, 0.6) is 0 Å². The number of nitrogens with one attached hydrogen (secondary N) is 2. The summed E-state index contributed by atoms with van der Waals surface area (Å²) in [4.78, 5) is 42.5. The third-order valence-electron chi connectivity index (χ3n) is 7.75. The van der Waals surface area contributed by atoms with Crippen molar-refractivity contribution in [2.45, 2.75) is 83.2 Å². The molecule has 3 aliphatic heterocycles. The lowest BCUT2D eigenvalue weighted by atomic mass is 9.70. The Morgan fingerprint density at radius 2 is 1.91 bits per heavy atom. The summed E-state index contributed by atoms with van der Waals surface area (Å²) >= 11 is 0. The van der Waals surface area contributed by atoms with Crippen LogP contribution in [0.15, 0.2) is 30.3 Å². The quantitative estimate of drug-likeness (QED) is 0.512.